The van der Waals surface area contributed by atoms with Gasteiger partial charge in [-0.05, 0) is 120 Å². The zero-order chi connectivity index (χ0) is 51.3. The van der Waals surface area contributed by atoms with Crippen LogP contribution in [0.25, 0.3) is 101 Å². The molecule has 0 fully saturated rings. The van der Waals surface area contributed by atoms with Crippen molar-refractivity contribution in [2.75, 3.05) is 0 Å². The molecule has 3 aliphatic heterocycles. The number of allylic oxidation sites excluding steroid dienone is 3. The van der Waals surface area contributed by atoms with E-state index in [0.29, 0.717) is 0 Å². The molecule has 390 valence electrons. The first-order valence-electron chi connectivity index (χ1n) is 26.5. The van der Waals surface area contributed by atoms with E-state index in [-0.39, 0.29) is 116 Å². The number of benzene rings is 12. The molecule has 0 bridgehead atoms. The first-order valence-corrected chi connectivity index (χ1v) is 26.5. The van der Waals surface area contributed by atoms with Crippen LogP contribution in [0.1, 0.15) is 50.1 Å². The molecule has 0 radical (unpaired) electrons. The van der Waals surface area contributed by atoms with Gasteiger partial charge in [0.1, 0.15) is 0 Å². The first-order chi connectivity index (χ1) is 38.6. The summed E-state index contributed by atoms with van der Waals surface area (Å²) in [6.07, 6.45) is 6.80. The Morgan fingerprint density at radius 2 is 0.536 bits per heavy atom. The number of aliphatic imine (C=N–C) groups is 3. The minimum Gasteiger partial charge on any atom is -1.00 e. The van der Waals surface area contributed by atoms with E-state index in [4.69, 9.17) is 15.0 Å². The Balaban J connectivity index is 0.000000136. The van der Waals surface area contributed by atoms with Gasteiger partial charge in [-0.25, -0.2) is 0 Å². The molecule has 6 aliphatic rings. The van der Waals surface area contributed by atoms with Gasteiger partial charge < -0.3 is 37.2 Å². The minimum absolute atomic E-state index is 0. The fraction of sp³-hybridized carbons (Fsp3) is 0. The van der Waals surface area contributed by atoms with Gasteiger partial charge in [-0.2, -0.15) is 0 Å². The van der Waals surface area contributed by atoms with E-state index in [0.717, 1.165) is 50.4 Å². The molecule has 12 aromatic carbocycles. The van der Waals surface area contributed by atoms with Gasteiger partial charge in [0.15, 0.2) is 0 Å². The zero-order valence-corrected chi connectivity index (χ0v) is 54.4. The summed E-state index contributed by atoms with van der Waals surface area (Å²) >= 11 is 0. The van der Waals surface area contributed by atoms with Crippen molar-refractivity contribution in [3.63, 3.8) is 0 Å². The maximum atomic E-state index is 5.04. The van der Waals surface area contributed by atoms with Crippen LogP contribution in [-0.2, 0) is 78.6 Å². The summed E-state index contributed by atoms with van der Waals surface area (Å²) in [6, 6.07) is 93.1. The Labute approximate surface area is 564 Å². The van der Waals surface area contributed by atoms with Crippen LogP contribution >= 0.6 is 0 Å². The maximum absolute atomic E-state index is 5.04. The Morgan fingerprint density at radius 3 is 0.821 bits per heavy atom. The normalized spacial score (nSPS) is 12.9. The van der Waals surface area contributed by atoms with Crippen LogP contribution in [0.3, 0.4) is 0 Å². The molecule has 0 saturated carbocycles. The van der Waals surface area contributed by atoms with Crippen molar-refractivity contribution in [2.45, 2.75) is 0 Å². The van der Waals surface area contributed by atoms with Crippen LogP contribution in [0.15, 0.2) is 252 Å². The third-order valence-electron chi connectivity index (χ3n) is 15.9. The number of nitrogens with zero attached hydrogens (tertiary/aromatic N) is 3. The number of hydrogen-bond donors (Lipinski definition) is 0. The van der Waals surface area contributed by atoms with E-state index >= 15 is 0 Å². The van der Waals surface area contributed by atoms with Crippen LogP contribution in [-0.4, -0.2) is 17.1 Å². The smallest absolute Gasteiger partial charge is 1.00 e. The topological polar surface area (TPSA) is 37.1 Å². The van der Waals surface area contributed by atoms with Crippen molar-refractivity contribution in [1.29, 1.82) is 0 Å². The van der Waals surface area contributed by atoms with Crippen LogP contribution in [0.5, 0.6) is 0 Å². The van der Waals surface area contributed by atoms with Gasteiger partial charge in [0, 0.05) is 33.4 Å². The summed E-state index contributed by atoms with van der Waals surface area (Å²) in [7, 11) is 0. The molecule has 0 atom stereocenters. The summed E-state index contributed by atoms with van der Waals surface area (Å²) < 4.78 is 0. The van der Waals surface area contributed by atoms with Crippen molar-refractivity contribution in [3.8, 4) is 33.4 Å². The summed E-state index contributed by atoms with van der Waals surface area (Å²) in [6.45, 7) is 0. The molecule has 0 N–H and O–H groups in total. The predicted octanol–water partition coefficient (Wildman–Crippen LogP) is 9.89. The second kappa shape index (κ2) is 25.0. The molecule has 0 unspecified atom stereocenters. The Bertz CT molecular complexity index is 4300. The number of hydrogen-bond acceptors (Lipinski definition) is 3. The van der Waals surface area contributed by atoms with E-state index < -0.39 is 0 Å². The molecule has 0 aromatic heterocycles. The first kappa shape index (κ1) is 60.3. The Hall–Kier alpha value is -6.83. The summed E-state index contributed by atoms with van der Waals surface area (Å²) in [5.41, 5.74) is 28.6. The Kier molecular flexibility index (Phi) is 18.0. The van der Waals surface area contributed by atoms with Gasteiger partial charge in [0.25, 0.3) is 0 Å². The van der Waals surface area contributed by atoms with Gasteiger partial charge >= 0.3 is 78.6 Å². The van der Waals surface area contributed by atoms with Gasteiger partial charge in [0.05, 0.1) is 17.1 Å². The van der Waals surface area contributed by atoms with E-state index in [1.165, 1.54) is 116 Å². The molecular formula is C75H42Cl3N3Zr3. The van der Waals surface area contributed by atoms with Crippen molar-refractivity contribution in [2.24, 2.45) is 15.0 Å². The summed E-state index contributed by atoms with van der Waals surface area (Å²) in [5, 5.41) is 6.88. The number of halogens is 3. The average Bonchev–Trinajstić information content (AvgIpc) is 1.75. The molecule has 84 heavy (non-hydrogen) atoms. The van der Waals surface area contributed by atoms with E-state index in [1.807, 2.05) is 36.4 Å². The zero-order valence-electron chi connectivity index (χ0n) is 44.7. The summed E-state index contributed by atoms with van der Waals surface area (Å²) in [4.78, 5) is 15.1. The monoisotopic (exact) mass is 1360 g/mol. The van der Waals surface area contributed by atoms with Crippen LogP contribution in [0, 0.1) is 18.2 Å². The molecule has 18 rings (SSSR count). The molecule has 9 heteroatoms. The van der Waals surface area contributed by atoms with Crippen molar-refractivity contribution in [3.05, 3.63) is 305 Å². The van der Waals surface area contributed by atoms with Crippen molar-refractivity contribution in [1.82, 2.24) is 0 Å². The SMILES string of the molecule is [Cl-].[Cl-].[Cl-].[Zr+2].[Zr+2].[Zr+2].[c-]1cccc2ccc3c(c12)N=C1C3=Cc2ccc(-c3ccccc3)cc21.[c-]1cccc2ccc3c(c12)N=C1C3=Cc2ccc(-c3ccccc3)cc21.[c-]1cccc2ccc3c(c12)N=C1C3=Cc2ccc(-c3ccccc3)cc21. The predicted molar refractivity (Wildman–Crippen MR) is 326 cm³/mol. The molecule has 0 spiro atoms. The van der Waals surface area contributed by atoms with E-state index in [1.54, 1.807) is 0 Å². The fourth-order valence-electron chi connectivity index (χ4n) is 12.1. The second-order valence-corrected chi connectivity index (χ2v) is 20.3. The third kappa shape index (κ3) is 10.3. The molecule has 3 nitrogen and oxygen atoms in total. The Morgan fingerprint density at radius 1 is 0.250 bits per heavy atom. The molecule has 0 amide bonds. The average molecular weight is 1370 g/mol. The van der Waals surface area contributed by atoms with Crippen LogP contribution in [0.2, 0.25) is 0 Å². The molecule has 0 saturated heterocycles. The molecule has 3 heterocycles. The third-order valence-corrected chi connectivity index (χ3v) is 15.9. The van der Waals surface area contributed by atoms with E-state index in [2.05, 4.69) is 237 Å². The van der Waals surface area contributed by atoms with Gasteiger partial charge in [-0.3, -0.25) is 15.0 Å². The van der Waals surface area contributed by atoms with Crippen LogP contribution < -0.4 is 37.2 Å². The van der Waals surface area contributed by atoms with Crippen molar-refractivity contribution >= 4 is 101 Å². The molecular weight excluding hydrogens is 1320 g/mol. The second-order valence-electron chi connectivity index (χ2n) is 20.3. The standard InChI is InChI=1S/3C25H14N.3ClH.3Zr/c3*1-2-6-16(7-3-1)18-10-11-19-15-23-21-13-12-17-8-4-5-9-20(17)24(21)26-25(23)22(19)14-18;;;;;;/h3*1-8,10-15H;3*1H;;;/q3*-1;;;;3*+2/p-3. The number of rotatable bonds is 3. The molecule has 3 aliphatic carbocycles. The minimum atomic E-state index is 0. The maximum Gasteiger partial charge on any atom is 2.00 e. The van der Waals surface area contributed by atoms with Gasteiger partial charge in [-0.1, -0.05) is 164 Å². The molecule has 12 aromatic rings. The van der Waals surface area contributed by atoms with Crippen LogP contribution in [0.4, 0.5) is 17.1 Å². The fourth-order valence-corrected chi connectivity index (χ4v) is 12.1. The van der Waals surface area contributed by atoms with Gasteiger partial charge in [0.2, 0.25) is 0 Å². The van der Waals surface area contributed by atoms with E-state index in [9.17, 15) is 0 Å². The number of fused-ring (bicyclic) bond motifs is 21. The quantitative estimate of drug-likeness (QED) is 0.158. The summed E-state index contributed by atoms with van der Waals surface area (Å²) in [5.74, 6) is 0. The van der Waals surface area contributed by atoms with Gasteiger partial charge in [-0.15, -0.1) is 105 Å². The largest absolute Gasteiger partial charge is 2.00 e. The van der Waals surface area contributed by atoms with Crippen molar-refractivity contribution < 1.29 is 116 Å².